The van der Waals surface area contributed by atoms with Crippen LogP contribution in [0, 0.1) is 0 Å². The average molecular weight is 318 g/mol. The molecule has 0 radical (unpaired) electrons. The summed E-state index contributed by atoms with van der Waals surface area (Å²) in [5.41, 5.74) is 3.16. The molecule has 118 valence electrons. The molecule has 0 saturated heterocycles. The lowest BCUT2D eigenvalue weighted by Crippen LogP contribution is -2.38. The van der Waals surface area contributed by atoms with Gasteiger partial charge in [-0.25, -0.2) is 4.98 Å². The van der Waals surface area contributed by atoms with Gasteiger partial charge in [0, 0.05) is 18.0 Å². The summed E-state index contributed by atoms with van der Waals surface area (Å²) in [6.07, 6.45) is 1.29. The minimum Gasteiger partial charge on any atom is -0.394 e. The van der Waals surface area contributed by atoms with Gasteiger partial charge >= 0.3 is 0 Å². The van der Waals surface area contributed by atoms with Crippen molar-refractivity contribution in [3.05, 3.63) is 40.9 Å². The van der Waals surface area contributed by atoms with Crippen LogP contribution in [0.3, 0.4) is 0 Å². The van der Waals surface area contributed by atoms with Crippen LogP contribution in [0.2, 0.25) is 0 Å². The highest BCUT2D eigenvalue weighted by Gasteiger charge is 2.16. The summed E-state index contributed by atoms with van der Waals surface area (Å²) in [4.78, 5) is 18.2. The minimum absolute atomic E-state index is 0.0280. The van der Waals surface area contributed by atoms with Crippen molar-refractivity contribution in [3.8, 4) is 10.6 Å². The van der Waals surface area contributed by atoms with Crippen LogP contribution in [0.1, 0.15) is 25.1 Å². The zero-order valence-electron chi connectivity index (χ0n) is 13.2. The highest BCUT2D eigenvalue weighted by atomic mass is 32.1. The Bertz CT molecular complexity index is 622. The van der Waals surface area contributed by atoms with Crippen LogP contribution >= 0.6 is 11.3 Å². The normalized spacial score (nSPS) is 12.2. The first kappa shape index (κ1) is 16.6. The van der Waals surface area contributed by atoms with Gasteiger partial charge in [-0.1, -0.05) is 31.2 Å². The molecule has 0 bridgehead atoms. The van der Waals surface area contributed by atoms with E-state index in [1.165, 1.54) is 5.56 Å². The average Bonchev–Trinajstić information content (AvgIpc) is 3.01. The number of carbonyl (C=O) groups excluding carboxylic acids is 1. The number of rotatable bonds is 6. The molecule has 0 fully saturated rings. The van der Waals surface area contributed by atoms with Gasteiger partial charge in [-0.3, -0.25) is 4.79 Å². The van der Waals surface area contributed by atoms with E-state index in [9.17, 15) is 4.79 Å². The van der Waals surface area contributed by atoms with E-state index in [0.717, 1.165) is 22.7 Å². The van der Waals surface area contributed by atoms with Crippen molar-refractivity contribution < 1.29 is 9.90 Å². The zero-order chi connectivity index (χ0) is 16.1. The smallest absolute Gasteiger partial charge is 0.228 e. The second-order valence-electron chi connectivity index (χ2n) is 5.41. The van der Waals surface area contributed by atoms with Crippen molar-refractivity contribution in [1.82, 2.24) is 9.88 Å². The number of hydrogen-bond donors (Lipinski definition) is 1. The molecule has 1 amide bonds. The third-order valence-electron chi connectivity index (χ3n) is 3.81. The van der Waals surface area contributed by atoms with Crippen molar-refractivity contribution in [3.63, 3.8) is 0 Å². The number of likely N-dealkylation sites (N-methyl/N-ethyl adjacent to an activating group) is 1. The van der Waals surface area contributed by atoms with Crippen LogP contribution in [0.4, 0.5) is 0 Å². The Morgan fingerprint density at radius 3 is 2.64 bits per heavy atom. The second-order valence-corrected chi connectivity index (χ2v) is 6.27. The Labute approximate surface area is 135 Å². The van der Waals surface area contributed by atoms with E-state index in [4.69, 9.17) is 5.11 Å². The number of aliphatic hydroxyl groups is 1. The van der Waals surface area contributed by atoms with Crippen molar-refractivity contribution in [1.29, 1.82) is 0 Å². The Hall–Kier alpha value is -1.72. The fourth-order valence-corrected chi connectivity index (χ4v) is 2.88. The SMILES string of the molecule is CCc1ccc(-c2nc(CC(=O)N(C)C(C)CO)cs2)cc1. The monoisotopic (exact) mass is 318 g/mol. The number of carbonyl (C=O) groups is 1. The molecule has 1 N–H and O–H groups in total. The molecule has 1 atom stereocenters. The lowest BCUT2D eigenvalue weighted by atomic mass is 10.1. The summed E-state index contributed by atoms with van der Waals surface area (Å²) in [7, 11) is 1.71. The Balaban J connectivity index is 2.06. The molecule has 4 nitrogen and oxygen atoms in total. The van der Waals surface area contributed by atoms with Crippen molar-refractivity contribution >= 4 is 17.2 Å². The van der Waals surface area contributed by atoms with Crippen LogP contribution < -0.4 is 0 Å². The van der Waals surface area contributed by atoms with E-state index in [1.54, 1.807) is 23.3 Å². The minimum atomic E-state index is -0.174. The van der Waals surface area contributed by atoms with Gasteiger partial charge in [-0.15, -0.1) is 11.3 Å². The number of hydrogen-bond acceptors (Lipinski definition) is 4. The Kier molecular flexibility index (Phi) is 5.69. The molecular formula is C17H22N2O2S. The van der Waals surface area contributed by atoms with Gasteiger partial charge in [0.05, 0.1) is 24.8 Å². The van der Waals surface area contributed by atoms with Gasteiger partial charge in [-0.2, -0.15) is 0 Å². The number of thiazole rings is 1. The van der Waals surface area contributed by atoms with Crippen LogP contribution in [-0.2, 0) is 17.6 Å². The van der Waals surface area contributed by atoms with Gasteiger partial charge in [-0.05, 0) is 18.9 Å². The largest absolute Gasteiger partial charge is 0.394 e. The second kappa shape index (κ2) is 7.51. The van der Waals surface area contributed by atoms with Gasteiger partial charge in [0.15, 0.2) is 0 Å². The molecule has 1 unspecified atom stereocenters. The first-order valence-electron chi connectivity index (χ1n) is 7.45. The summed E-state index contributed by atoms with van der Waals surface area (Å²) in [5.74, 6) is -0.0280. The van der Waals surface area contributed by atoms with Crippen molar-refractivity contribution in [2.45, 2.75) is 32.7 Å². The summed E-state index contributed by atoms with van der Waals surface area (Å²) in [6.45, 7) is 3.92. The lowest BCUT2D eigenvalue weighted by Gasteiger charge is -2.22. The van der Waals surface area contributed by atoms with Gasteiger partial charge in [0.25, 0.3) is 0 Å². The number of nitrogens with zero attached hydrogens (tertiary/aromatic N) is 2. The molecule has 0 spiro atoms. The standard InChI is InChI=1S/C17H22N2O2S/c1-4-13-5-7-14(8-6-13)17-18-15(11-22-17)9-16(21)19(3)12(2)10-20/h5-8,11-12,20H,4,9-10H2,1-3H3. The highest BCUT2D eigenvalue weighted by Crippen LogP contribution is 2.24. The number of aryl methyl sites for hydroxylation is 1. The molecule has 1 aromatic heterocycles. The first-order chi connectivity index (χ1) is 10.5. The Morgan fingerprint density at radius 1 is 1.36 bits per heavy atom. The summed E-state index contributed by atoms with van der Waals surface area (Å²) < 4.78 is 0. The van der Waals surface area contributed by atoms with Crippen LogP contribution in [0.5, 0.6) is 0 Å². The lowest BCUT2D eigenvalue weighted by molar-refractivity contribution is -0.131. The van der Waals surface area contributed by atoms with E-state index >= 15 is 0 Å². The predicted octanol–water partition coefficient (Wildman–Crippen LogP) is 2.75. The van der Waals surface area contributed by atoms with Crippen LogP contribution in [0.25, 0.3) is 10.6 Å². The maximum absolute atomic E-state index is 12.1. The van der Waals surface area contributed by atoms with E-state index in [-0.39, 0.29) is 25.0 Å². The summed E-state index contributed by atoms with van der Waals surface area (Å²) in [6, 6.07) is 8.19. The summed E-state index contributed by atoms with van der Waals surface area (Å²) >= 11 is 1.55. The van der Waals surface area contributed by atoms with Gasteiger partial charge < -0.3 is 10.0 Å². The number of aliphatic hydroxyl groups excluding tert-OH is 1. The molecule has 5 heteroatoms. The fraction of sp³-hybridized carbons (Fsp3) is 0.412. The Morgan fingerprint density at radius 2 is 2.05 bits per heavy atom. The van der Waals surface area contributed by atoms with E-state index < -0.39 is 0 Å². The topological polar surface area (TPSA) is 53.4 Å². The molecule has 2 aromatic rings. The number of amides is 1. The first-order valence-corrected chi connectivity index (χ1v) is 8.33. The van der Waals surface area contributed by atoms with E-state index in [2.05, 4.69) is 36.2 Å². The molecule has 1 aromatic carbocycles. The molecule has 0 aliphatic heterocycles. The molecule has 2 rings (SSSR count). The molecule has 0 aliphatic carbocycles. The van der Waals surface area contributed by atoms with Gasteiger partial charge in [0.1, 0.15) is 5.01 Å². The predicted molar refractivity (Wildman–Crippen MR) is 89.9 cm³/mol. The zero-order valence-corrected chi connectivity index (χ0v) is 14.1. The van der Waals surface area contributed by atoms with Crippen LogP contribution in [0.15, 0.2) is 29.6 Å². The number of benzene rings is 1. The molecular weight excluding hydrogens is 296 g/mol. The maximum Gasteiger partial charge on any atom is 0.228 e. The van der Waals surface area contributed by atoms with Crippen molar-refractivity contribution in [2.75, 3.05) is 13.7 Å². The number of aromatic nitrogens is 1. The molecule has 0 aliphatic rings. The molecule has 0 saturated carbocycles. The van der Waals surface area contributed by atoms with Gasteiger partial charge in [0.2, 0.25) is 5.91 Å². The van der Waals surface area contributed by atoms with E-state index in [0.29, 0.717) is 0 Å². The van der Waals surface area contributed by atoms with E-state index in [1.807, 2.05) is 12.3 Å². The van der Waals surface area contributed by atoms with Crippen molar-refractivity contribution in [2.24, 2.45) is 0 Å². The molecule has 1 heterocycles. The maximum atomic E-state index is 12.1. The molecule has 22 heavy (non-hydrogen) atoms. The third-order valence-corrected chi connectivity index (χ3v) is 4.75. The fourth-order valence-electron chi connectivity index (χ4n) is 2.05. The quantitative estimate of drug-likeness (QED) is 0.891. The summed E-state index contributed by atoms with van der Waals surface area (Å²) in [5, 5.41) is 12.0. The third kappa shape index (κ3) is 3.93. The highest BCUT2D eigenvalue weighted by molar-refractivity contribution is 7.13. The van der Waals surface area contributed by atoms with Crippen LogP contribution in [-0.4, -0.2) is 40.6 Å².